The highest BCUT2D eigenvalue weighted by Gasteiger charge is 2.26. The zero-order chi connectivity index (χ0) is 11.5. The van der Waals surface area contributed by atoms with Gasteiger partial charge in [-0.3, -0.25) is 14.9 Å². The number of nitrogens with zero attached hydrogens (tertiary/aromatic N) is 1. The van der Waals surface area contributed by atoms with E-state index in [0.29, 0.717) is 23.7 Å². The topological polar surface area (TPSA) is 71.1 Å². The summed E-state index contributed by atoms with van der Waals surface area (Å²) in [6, 6.07) is 2.96. The van der Waals surface area contributed by atoms with E-state index in [1.54, 1.807) is 12.1 Å². The van der Waals surface area contributed by atoms with Crippen LogP contribution in [0.4, 0.5) is 5.82 Å². The Hall–Kier alpha value is -1.62. The molecule has 1 aromatic heterocycles. The second kappa shape index (κ2) is 4.49. The lowest BCUT2D eigenvalue weighted by atomic mass is 10.1. The maximum Gasteiger partial charge on any atom is 0.249 e. The minimum Gasteiger partial charge on any atom is -0.358 e. The van der Waals surface area contributed by atoms with Crippen molar-refractivity contribution in [1.82, 2.24) is 10.3 Å². The Morgan fingerprint density at radius 2 is 2.25 bits per heavy atom. The van der Waals surface area contributed by atoms with E-state index < -0.39 is 6.04 Å². The van der Waals surface area contributed by atoms with Gasteiger partial charge < -0.3 is 5.32 Å². The minimum absolute atomic E-state index is 0.230. The molecule has 1 unspecified atom stereocenters. The summed E-state index contributed by atoms with van der Waals surface area (Å²) in [5, 5.41) is 5.75. The monoisotopic (exact) mass is 239 g/mol. The summed E-state index contributed by atoms with van der Waals surface area (Å²) in [7, 11) is 0. The molecule has 1 saturated heterocycles. The molecule has 0 aliphatic carbocycles. The fourth-order valence-electron chi connectivity index (χ4n) is 1.47. The van der Waals surface area contributed by atoms with Crippen molar-refractivity contribution in [3.05, 3.63) is 23.4 Å². The molecule has 1 aromatic rings. The molecule has 1 aliphatic rings. The van der Waals surface area contributed by atoms with Crippen LogP contribution in [0.15, 0.2) is 18.3 Å². The van der Waals surface area contributed by atoms with Gasteiger partial charge in [0, 0.05) is 12.6 Å². The van der Waals surface area contributed by atoms with Crippen LogP contribution in [-0.4, -0.2) is 22.8 Å². The molecule has 1 fully saturated rings. The number of anilines is 1. The highest BCUT2D eigenvalue weighted by atomic mass is 35.5. The van der Waals surface area contributed by atoms with Crippen LogP contribution in [0.3, 0.4) is 0 Å². The Kier molecular flexibility index (Phi) is 3.05. The second-order valence-corrected chi connectivity index (χ2v) is 3.95. The van der Waals surface area contributed by atoms with Crippen LogP contribution in [0.5, 0.6) is 0 Å². The van der Waals surface area contributed by atoms with E-state index >= 15 is 0 Å². The Balaban J connectivity index is 2.02. The smallest absolute Gasteiger partial charge is 0.249 e. The third-order valence-corrected chi connectivity index (χ3v) is 2.51. The molecule has 2 N–H and O–H groups in total. The van der Waals surface area contributed by atoms with Crippen molar-refractivity contribution >= 4 is 29.2 Å². The average molecular weight is 240 g/mol. The third kappa shape index (κ3) is 2.49. The van der Waals surface area contributed by atoms with Gasteiger partial charge in [-0.1, -0.05) is 11.6 Å². The number of halogens is 1. The van der Waals surface area contributed by atoms with E-state index in [4.69, 9.17) is 11.6 Å². The van der Waals surface area contributed by atoms with E-state index in [1.165, 1.54) is 6.20 Å². The number of hydrogen-bond donors (Lipinski definition) is 2. The fourth-order valence-corrected chi connectivity index (χ4v) is 1.58. The number of amides is 2. The van der Waals surface area contributed by atoms with E-state index in [1.807, 2.05) is 0 Å². The van der Waals surface area contributed by atoms with Gasteiger partial charge in [0.2, 0.25) is 11.8 Å². The van der Waals surface area contributed by atoms with Gasteiger partial charge in [0.05, 0.1) is 5.02 Å². The molecule has 1 aliphatic heterocycles. The number of carbonyl (C=O) groups excluding carboxylic acids is 2. The fraction of sp³-hybridized carbons (Fsp3) is 0.300. The van der Waals surface area contributed by atoms with Gasteiger partial charge >= 0.3 is 0 Å². The first kappa shape index (κ1) is 10.9. The number of piperidine rings is 1. The van der Waals surface area contributed by atoms with Gasteiger partial charge in [0.15, 0.2) is 0 Å². The summed E-state index contributed by atoms with van der Waals surface area (Å²) in [5.74, 6) is 0.0269. The summed E-state index contributed by atoms with van der Waals surface area (Å²) in [5.41, 5.74) is 0. The van der Waals surface area contributed by atoms with Crippen LogP contribution < -0.4 is 10.6 Å². The molecule has 2 rings (SSSR count). The van der Waals surface area contributed by atoms with Gasteiger partial charge in [-0.05, 0) is 18.6 Å². The molecular weight excluding hydrogens is 230 g/mol. The SMILES string of the molecule is O=C1CCC(Nc2ccc(Cl)cn2)C(=O)N1. The van der Waals surface area contributed by atoms with Crippen molar-refractivity contribution < 1.29 is 9.59 Å². The van der Waals surface area contributed by atoms with Crippen molar-refractivity contribution in [2.24, 2.45) is 0 Å². The van der Waals surface area contributed by atoms with E-state index in [9.17, 15) is 9.59 Å². The first-order valence-corrected chi connectivity index (χ1v) is 5.25. The Morgan fingerprint density at radius 1 is 1.44 bits per heavy atom. The molecular formula is C10H10ClN3O2. The standard InChI is InChI=1S/C10H10ClN3O2/c11-6-1-3-8(12-5-6)13-7-2-4-9(15)14-10(7)16/h1,3,5,7H,2,4H2,(H,12,13)(H,14,15,16). The molecule has 2 heterocycles. The molecule has 0 saturated carbocycles. The van der Waals surface area contributed by atoms with Gasteiger partial charge in [0.25, 0.3) is 0 Å². The average Bonchev–Trinajstić information content (AvgIpc) is 2.25. The summed E-state index contributed by atoms with van der Waals surface area (Å²) < 4.78 is 0. The van der Waals surface area contributed by atoms with Gasteiger partial charge in [0.1, 0.15) is 11.9 Å². The van der Waals surface area contributed by atoms with Crippen molar-refractivity contribution in [3.63, 3.8) is 0 Å². The molecule has 1 atom stereocenters. The van der Waals surface area contributed by atoms with Crippen molar-refractivity contribution in [2.45, 2.75) is 18.9 Å². The zero-order valence-electron chi connectivity index (χ0n) is 8.37. The summed E-state index contributed by atoms with van der Waals surface area (Å²) in [6.45, 7) is 0. The molecule has 0 bridgehead atoms. The van der Waals surface area contributed by atoms with E-state index in [0.717, 1.165) is 0 Å². The van der Waals surface area contributed by atoms with Crippen LogP contribution in [0.25, 0.3) is 0 Å². The summed E-state index contributed by atoms with van der Waals surface area (Å²) in [6.07, 6.45) is 2.32. The molecule has 6 heteroatoms. The molecule has 0 radical (unpaired) electrons. The van der Waals surface area contributed by atoms with Crippen LogP contribution >= 0.6 is 11.6 Å². The number of hydrogen-bond acceptors (Lipinski definition) is 4. The van der Waals surface area contributed by atoms with Crippen molar-refractivity contribution in [3.8, 4) is 0 Å². The Morgan fingerprint density at radius 3 is 2.88 bits per heavy atom. The number of nitrogens with one attached hydrogen (secondary N) is 2. The predicted molar refractivity (Wildman–Crippen MR) is 59.0 cm³/mol. The second-order valence-electron chi connectivity index (χ2n) is 3.51. The highest BCUT2D eigenvalue weighted by Crippen LogP contribution is 2.13. The maximum atomic E-state index is 11.4. The van der Waals surface area contributed by atoms with Crippen LogP contribution in [0.2, 0.25) is 5.02 Å². The predicted octanol–water partition coefficient (Wildman–Crippen LogP) is 0.952. The molecule has 0 aromatic carbocycles. The first-order valence-electron chi connectivity index (χ1n) is 4.87. The van der Waals surface area contributed by atoms with E-state index in [2.05, 4.69) is 15.6 Å². The van der Waals surface area contributed by atoms with Gasteiger partial charge in [-0.2, -0.15) is 0 Å². The Labute approximate surface area is 97.2 Å². The first-order chi connectivity index (χ1) is 7.65. The molecule has 0 spiro atoms. The van der Waals surface area contributed by atoms with Gasteiger partial charge in [-0.25, -0.2) is 4.98 Å². The number of carbonyl (C=O) groups is 2. The Bertz CT molecular complexity index is 419. The quantitative estimate of drug-likeness (QED) is 0.754. The highest BCUT2D eigenvalue weighted by molar-refractivity contribution is 6.30. The lowest BCUT2D eigenvalue weighted by Crippen LogP contribution is -2.47. The lowest BCUT2D eigenvalue weighted by Gasteiger charge is -2.22. The van der Waals surface area contributed by atoms with E-state index in [-0.39, 0.29) is 11.8 Å². The number of aromatic nitrogens is 1. The zero-order valence-corrected chi connectivity index (χ0v) is 9.12. The summed E-state index contributed by atoms with van der Waals surface area (Å²) in [4.78, 5) is 26.4. The number of imide groups is 1. The molecule has 5 nitrogen and oxygen atoms in total. The normalized spacial score (nSPS) is 20.4. The maximum absolute atomic E-state index is 11.4. The number of pyridine rings is 1. The van der Waals surface area contributed by atoms with Crippen LogP contribution in [0.1, 0.15) is 12.8 Å². The summed E-state index contributed by atoms with van der Waals surface area (Å²) >= 11 is 5.69. The molecule has 84 valence electrons. The number of rotatable bonds is 2. The molecule has 16 heavy (non-hydrogen) atoms. The van der Waals surface area contributed by atoms with Crippen LogP contribution in [-0.2, 0) is 9.59 Å². The van der Waals surface area contributed by atoms with Crippen molar-refractivity contribution in [2.75, 3.05) is 5.32 Å². The van der Waals surface area contributed by atoms with Crippen LogP contribution in [0, 0.1) is 0 Å². The lowest BCUT2D eigenvalue weighted by molar-refractivity contribution is -0.133. The largest absolute Gasteiger partial charge is 0.358 e. The molecule has 2 amide bonds. The van der Waals surface area contributed by atoms with Crippen molar-refractivity contribution in [1.29, 1.82) is 0 Å². The third-order valence-electron chi connectivity index (χ3n) is 2.29. The van der Waals surface area contributed by atoms with Gasteiger partial charge in [-0.15, -0.1) is 0 Å². The minimum atomic E-state index is -0.411.